The molecule has 17 heavy (non-hydrogen) atoms. The smallest absolute Gasteiger partial charge is 0.240 e. The number of hydrogen-bond donors (Lipinski definition) is 0. The fourth-order valence-electron chi connectivity index (χ4n) is 1.58. The molecule has 1 aromatic heterocycles. The van der Waals surface area contributed by atoms with Gasteiger partial charge in [0, 0.05) is 5.39 Å². The summed E-state index contributed by atoms with van der Waals surface area (Å²) < 4.78 is 51.3. The van der Waals surface area contributed by atoms with E-state index >= 15 is 0 Å². The van der Waals surface area contributed by atoms with Gasteiger partial charge < -0.3 is 0 Å². The third kappa shape index (κ3) is 1.95. The van der Waals surface area contributed by atoms with Gasteiger partial charge in [0.15, 0.2) is 0 Å². The van der Waals surface area contributed by atoms with Gasteiger partial charge in [0.1, 0.15) is 17.0 Å². The zero-order valence-corrected chi connectivity index (χ0v) is 9.33. The van der Waals surface area contributed by atoms with Crippen molar-refractivity contribution in [2.45, 2.75) is 13.1 Å². The van der Waals surface area contributed by atoms with Crippen molar-refractivity contribution in [2.75, 3.05) is 0 Å². The van der Waals surface area contributed by atoms with Gasteiger partial charge in [-0.05, 0) is 18.6 Å². The van der Waals surface area contributed by atoms with E-state index in [-0.39, 0.29) is 21.5 Å². The van der Waals surface area contributed by atoms with Gasteiger partial charge in [-0.25, -0.2) is 9.37 Å². The van der Waals surface area contributed by atoms with Gasteiger partial charge in [0.05, 0.1) is 5.02 Å². The van der Waals surface area contributed by atoms with Gasteiger partial charge in [0.25, 0.3) is 0 Å². The summed E-state index contributed by atoms with van der Waals surface area (Å²) in [5.74, 6) is -0.824. The Labute approximate surface area is 99.0 Å². The largest absolute Gasteiger partial charge is 0.433 e. The molecule has 90 valence electrons. The minimum absolute atomic E-state index is 0.123. The molecule has 0 spiro atoms. The number of halogens is 5. The van der Waals surface area contributed by atoms with Crippen LogP contribution in [0.2, 0.25) is 5.02 Å². The minimum Gasteiger partial charge on any atom is -0.240 e. The van der Waals surface area contributed by atoms with Gasteiger partial charge in [-0.1, -0.05) is 23.7 Å². The van der Waals surface area contributed by atoms with Crippen molar-refractivity contribution in [3.63, 3.8) is 0 Å². The molecule has 0 bridgehead atoms. The Morgan fingerprint density at radius 2 is 1.88 bits per heavy atom. The third-order valence-corrected chi connectivity index (χ3v) is 2.89. The molecule has 0 aliphatic carbocycles. The van der Waals surface area contributed by atoms with Crippen molar-refractivity contribution in [1.29, 1.82) is 0 Å². The Bertz CT molecular complexity index is 592. The first-order chi connectivity index (χ1) is 7.82. The predicted molar refractivity (Wildman–Crippen MR) is 56.5 cm³/mol. The van der Waals surface area contributed by atoms with Crippen LogP contribution in [0.3, 0.4) is 0 Å². The van der Waals surface area contributed by atoms with E-state index < -0.39 is 17.7 Å². The lowest BCUT2D eigenvalue weighted by Crippen LogP contribution is -2.11. The SMILES string of the molecule is Cc1c(C(F)(F)F)nc2c(F)cccc2c1Cl. The summed E-state index contributed by atoms with van der Waals surface area (Å²) >= 11 is 5.80. The summed E-state index contributed by atoms with van der Waals surface area (Å²) in [4.78, 5) is 3.32. The van der Waals surface area contributed by atoms with Gasteiger partial charge in [-0.15, -0.1) is 0 Å². The highest BCUT2D eigenvalue weighted by atomic mass is 35.5. The monoisotopic (exact) mass is 263 g/mol. The third-order valence-electron chi connectivity index (χ3n) is 2.40. The lowest BCUT2D eigenvalue weighted by molar-refractivity contribution is -0.141. The average Bonchev–Trinajstić information content (AvgIpc) is 2.22. The second kappa shape index (κ2) is 3.84. The molecule has 0 N–H and O–H groups in total. The van der Waals surface area contributed by atoms with Crippen molar-refractivity contribution in [1.82, 2.24) is 4.98 Å². The van der Waals surface area contributed by atoms with E-state index in [0.717, 1.165) is 6.07 Å². The minimum atomic E-state index is -4.65. The molecular formula is C11H6ClF4N. The average molecular weight is 264 g/mol. The number of benzene rings is 1. The number of para-hydroxylation sites is 1. The van der Waals surface area contributed by atoms with Crippen LogP contribution in [-0.4, -0.2) is 4.98 Å². The summed E-state index contributed by atoms with van der Waals surface area (Å²) in [5.41, 5.74) is -1.72. The number of fused-ring (bicyclic) bond motifs is 1. The highest BCUT2D eigenvalue weighted by Gasteiger charge is 2.36. The Morgan fingerprint density at radius 1 is 1.24 bits per heavy atom. The summed E-state index contributed by atoms with van der Waals surface area (Å²) in [6.07, 6.45) is -4.65. The summed E-state index contributed by atoms with van der Waals surface area (Å²) in [6, 6.07) is 3.85. The van der Waals surface area contributed by atoms with E-state index in [0.29, 0.717) is 0 Å². The molecule has 0 unspecified atom stereocenters. The summed E-state index contributed by atoms with van der Waals surface area (Å²) in [6.45, 7) is 1.21. The van der Waals surface area contributed by atoms with E-state index in [1.54, 1.807) is 0 Å². The highest BCUT2D eigenvalue weighted by molar-refractivity contribution is 6.36. The fourth-order valence-corrected chi connectivity index (χ4v) is 1.83. The summed E-state index contributed by atoms with van der Waals surface area (Å²) in [5, 5.41) is 0.0546. The number of nitrogens with zero attached hydrogens (tertiary/aromatic N) is 1. The topological polar surface area (TPSA) is 12.9 Å². The molecule has 0 radical (unpaired) electrons. The van der Waals surface area contributed by atoms with E-state index in [4.69, 9.17) is 11.6 Å². The van der Waals surface area contributed by atoms with Crippen LogP contribution in [0.15, 0.2) is 18.2 Å². The van der Waals surface area contributed by atoms with Crippen LogP contribution in [0.4, 0.5) is 17.6 Å². The van der Waals surface area contributed by atoms with Gasteiger partial charge >= 0.3 is 6.18 Å². The highest BCUT2D eigenvalue weighted by Crippen LogP contribution is 2.37. The van der Waals surface area contributed by atoms with Crippen molar-refractivity contribution in [3.8, 4) is 0 Å². The molecule has 1 nitrogen and oxygen atoms in total. The molecule has 0 saturated heterocycles. The Balaban J connectivity index is 2.91. The lowest BCUT2D eigenvalue weighted by Gasteiger charge is -2.12. The molecule has 6 heteroatoms. The van der Waals surface area contributed by atoms with E-state index in [1.165, 1.54) is 19.1 Å². The molecule has 0 fully saturated rings. The number of aromatic nitrogens is 1. The Kier molecular flexibility index (Phi) is 2.73. The summed E-state index contributed by atoms with van der Waals surface area (Å²) in [7, 11) is 0. The van der Waals surface area contributed by atoms with Crippen LogP contribution >= 0.6 is 11.6 Å². The van der Waals surface area contributed by atoms with Crippen molar-refractivity contribution in [3.05, 3.63) is 40.3 Å². The molecule has 0 aliphatic heterocycles. The Morgan fingerprint density at radius 3 is 2.47 bits per heavy atom. The maximum atomic E-state index is 13.4. The molecule has 0 saturated carbocycles. The normalized spacial score (nSPS) is 12.1. The lowest BCUT2D eigenvalue weighted by atomic mass is 10.1. The predicted octanol–water partition coefficient (Wildman–Crippen LogP) is 4.35. The van der Waals surface area contributed by atoms with Crippen LogP contribution in [0, 0.1) is 12.7 Å². The fraction of sp³-hybridized carbons (Fsp3) is 0.182. The molecule has 0 amide bonds. The molecule has 2 rings (SSSR count). The first kappa shape index (κ1) is 12.1. The quantitative estimate of drug-likeness (QED) is 0.644. The first-order valence-electron chi connectivity index (χ1n) is 4.64. The standard InChI is InChI=1S/C11H6ClF4N/c1-5-8(12)6-3-2-4-7(13)9(6)17-10(5)11(14,15)16/h2-4H,1H3. The zero-order valence-electron chi connectivity index (χ0n) is 8.57. The van der Waals surface area contributed by atoms with E-state index in [1.807, 2.05) is 0 Å². The number of alkyl halides is 3. The maximum absolute atomic E-state index is 13.4. The van der Waals surface area contributed by atoms with Crippen LogP contribution in [0.5, 0.6) is 0 Å². The van der Waals surface area contributed by atoms with E-state index in [9.17, 15) is 17.6 Å². The van der Waals surface area contributed by atoms with Crippen LogP contribution < -0.4 is 0 Å². The van der Waals surface area contributed by atoms with Gasteiger partial charge in [-0.3, -0.25) is 0 Å². The molecule has 1 heterocycles. The molecular weight excluding hydrogens is 258 g/mol. The zero-order chi connectivity index (χ0) is 12.8. The molecule has 0 atom stereocenters. The number of rotatable bonds is 0. The second-order valence-corrected chi connectivity index (χ2v) is 3.91. The van der Waals surface area contributed by atoms with Crippen LogP contribution in [0.25, 0.3) is 10.9 Å². The van der Waals surface area contributed by atoms with Crippen molar-refractivity contribution >= 4 is 22.5 Å². The van der Waals surface area contributed by atoms with Gasteiger partial charge in [-0.2, -0.15) is 13.2 Å². The van der Waals surface area contributed by atoms with Crippen molar-refractivity contribution < 1.29 is 17.6 Å². The van der Waals surface area contributed by atoms with Gasteiger partial charge in [0.2, 0.25) is 0 Å². The van der Waals surface area contributed by atoms with Crippen LogP contribution in [-0.2, 0) is 6.18 Å². The number of pyridine rings is 1. The van der Waals surface area contributed by atoms with Crippen molar-refractivity contribution in [2.24, 2.45) is 0 Å². The maximum Gasteiger partial charge on any atom is 0.433 e. The molecule has 1 aromatic carbocycles. The molecule has 2 aromatic rings. The molecule has 0 aliphatic rings. The first-order valence-corrected chi connectivity index (χ1v) is 5.01. The second-order valence-electron chi connectivity index (χ2n) is 3.53. The van der Waals surface area contributed by atoms with E-state index in [2.05, 4.69) is 4.98 Å². The van der Waals surface area contributed by atoms with Crippen LogP contribution in [0.1, 0.15) is 11.3 Å². The Hall–Kier alpha value is -1.36. The number of hydrogen-bond acceptors (Lipinski definition) is 1.